The molecule has 1 atom stereocenters. The number of aliphatic carboxylic acids is 1. The number of carboxylic acids is 1. The SMILES string of the molecule is CCCC(NC(=O)c1sc2ccc(OC)cc2c1Cl)C(=O)O. The summed E-state index contributed by atoms with van der Waals surface area (Å²) in [6.45, 7) is 1.86. The summed E-state index contributed by atoms with van der Waals surface area (Å²) >= 11 is 7.50. The van der Waals surface area contributed by atoms with Crippen molar-refractivity contribution in [2.75, 3.05) is 7.11 Å². The molecule has 1 aromatic carbocycles. The summed E-state index contributed by atoms with van der Waals surface area (Å²) in [7, 11) is 1.55. The fourth-order valence-corrected chi connectivity index (χ4v) is 3.48. The molecule has 5 nitrogen and oxygen atoms in total. The van der Waals surface area contributed by atoms with E-state index in [4.69, 9.17) is 21.4 Å². The predicted octanol–water partition coefficient (Wildman–Crippen LogP) is 3.55. The van der Waals surface area contributed by atoms with Crippen molar-refractivity contribution in [1.82, 2.24) is 5.32 Å². The van der Waals surface area contributed by atoms with Crippen LogP contribution < -0.4 is 10.1 Å². The number of hydrogen-bond donors (Lipinski definition) is 2. The van der Waals surface area contributed by atoms with Crippen LogP contribution in [0, 0.1) is 0 Å². The summed E-state index contributed by atoms with van der Waals surface area (Å²) in [6, 6.07) is 4.45. The van der Waals surface area contributed by atoms with Gasteiger partial charge in [-0.3, -0.25) is 4.79 Å². The normalized spacial score (nSPS) is 12.1. The van der Waals surface area contributed by atoms with Crippen LogP contribution in [0.15, 0.2) is 18.2 Å². The van der Waals surface area contributed by atoms with Crippen LogP contribution in [0.4, 0.5) is 0 Å². The maximum Gasteiger partial charge on any atom is 0.326 e. The van der Waals surface area contributed by atoms with E-state index in [-0.39, 0.29) is 0 Å². The first-order valence-electron chi connectivity index (χ1n) is 6.77. The monoisotopic (exact) mass is 341 g/mol. The molecule has 0 saturated heterocycles. The van der Waals surface area contributed by atoms with E-state index in [2.05, 4.69) is 5.32 Å². The highest BCUT2D eigenvalue weighted by Gasteiger charge is 2.23. The number of carbonyl (C=O) groups is 2. The Morgan fingerprint density at radius 3 is 2.77 bits per heavy atom. The largest absolute Gasteiger partial charge is 0.497 e. The minimum Gasteiger partial charge on any atom is -0.497 e. The second-order valence-electron chi connectivity index (χ2n) is 4.76. The Bertz CT molecular complexity index is 713. The third-order valence-corrected chi connectivity index (χ3v) is 4.90. The molecule has 1 unspecified atom stereocenters. The third-order valence-electron chi connectivity index (χ3n) is 3.22. The maximum absolute atomic E-state index is 12.3. The van der Waals surface area contributed by atoms with E-state index in [0.717, 1.165) is 10.1 Å². The Labute approximate surface area is 136 Å². The van der Waals surface area contributed by atoms with Crippen LogP contribution in [-0.4, -0.2) is 30.1 Å². The van der Waals surface area contributed by atoms with Gasteiger partial charge in [0.2, 0.25) is 0 Å². The number of amides is 1. The number of ether oxygens (including phenoxy) is 1. The topological polar surface area (TPSA) is 75.6 Å². The van der Waals surface area contributed by atoms with Crippen molar-refractivity contribution in [2.45, 2.75) is 25.8 Å². The second-order valence-corrected chi connectivity index (χ2v) is 6.19. The van der Waals surface area contributed by atoms with Crippen molar-refractivity contribution >= 4 is 44.9 Å². The zero-order valence-corrected chi connectivity index (χ0v) is 13.8. The van der Waals surface area contributed by atoms with E-state index >= 15 is 0 Å². The molecule has 22 heavy (non-hydrogen) atoms. The minimum atomic E-state index is -1.05. The average Bonchev–Trinajstić information content (AvgIpc) is 2.83. The van der Waals surface area contributed by atoms with Gasteiger partial charge < -0.3 is 15.2 Å². The molecule has 0 spiro atoms. The molecule has 118 valence electrons. The molecule has 1 heterocycles. The molecule has 0 bridgehead atoms. The predicted molar refractivity (Wildman–Crippen MR) is 87.2 cm³/mol. The summed E-state index contributed by atoms with van der Waals surface area (Å²) in [6.07, 6.45) is 1.03. The summed E-state index contributed by atoms with van der Waals surface area (Å²) in [5, 5.41) is 12.7. The average molecular weight is 342 g/mol. The number of thiophene rings is 1. The number of carbonyl (C=O) groups excluding carboxylic acids is 1. The Morgan fingerprint density at radius 1 is 1.45 bits per heavy atom. The second kappa shape index (κ2) is 6.98. The van der Waals surface area contributed by atoms with E-state index in [9.17, 15) is 9.59 Å². The molecular weight excluding hydrogens is 326 g/mol. The number of halogens is 1. The molecule has 1 aromatic heterocycles. The van der Waals surface area contributed by atoms with Crippen LogP contribution in [0.2, 0.25) is 5.02 Å². The van der Waals surface area contributed by atoms with Crippen molar-refractivity contribution in [2.24, 2.45) is 0 Å². The molecule has 7 heteroatoms. The van der Waals surface area contributed by atoms with Gasteiger partial charge in [0.1, 0.15) is 16.7 Å². The van der Waals surface area contributed by atoms with Crippen molar-refractivity contribution in [3.8, 4) is 5.75 Å². The van der Waals surface area contributed by atoms with Crippen LogP contribution in [0.1, 0.15) is 29.4 Å². The quantitative estimate of drug-likeness (QED) is 0.842. The number of carboxylic acid groups (broad SMARTS) is 1. The van der Waals surface area contributed by atoms with Gasteiger partial charge in [0.05, 0.1) is 12.1 Å². The molecular formula is C15H16ClNO4S. The van der Waals surface area contributed by atoms with Crippen molar-refractivity contribution in [3.63, 3.8) is 0 Å². The van der Waals surface area contributed by atoms with Gasteiger partial charge in [-0.2, -0.15) is 0 Å². The molecule has 2 aromatic rings. The van der Waals surface area contributed by atoms with Crippen LogP contribution in [0.25, 0.3) is 10.1 Å². The first-order valence-corrected chi connectivity index (χ1v) is 7.97. The molecule has 0 saturated carbocycles. The summed E-state index contributed by atoms with van der Waals surface area (Å²) < 4.78 is 5.99. The van der Waals surface area contributed by atoms with Crippen LogP contribution >= 0.6 is 22.9 Å². The summed E-state index contributed by atoms with van der Waals surface area (Å²) in [5.74, 6) is -0.867. The molecule has 0 aliphatic rings. The lowest BCUT2D eigenvalue weighted by Crippen LogP contribution is -2.40. The van der Waals surface area contributed by atoms with E-state index in [1.54, 1.807) is 19.2 Å². The van der Waals surface area contributed by atoms with Gasteiger partial charge in [-0.1, -0.05) is 24.9 Å². The van der Waals surface area contributed by atoms with Gasteiger partial charge in [-0.05, 0) is 24.6 Å². The highest BCUT2D eigenvalue weighted by atomic mass is 35.5. The number of fused-ring (bicyclic) bond motifs is 1. The van der Waals surface area contributed by atoms with Crippen LogP contribution in [-0.2, 0) is 4.79 Å². The molecule has 0 fully saturated rings. The summed E-state index contributed by atoms with van der Waals surface area (Å²) in [5.41, 5.74) is 0. The fourth-order valence-electron chi connectivity index (χ4n) is 2.09. The zero-order chi connectivity index (χ0) is 16.3. The van der Waals surface area contributed by atoms with Crippen LogP contribution in [0.5, 0.6) is 5.75 Å². The maximum atomic E-state index is 12.3. The highest BCUT2D eigenvalue weighted by Crippen LogP contribution is 2.37. The molecule has 2 N–H and O–H groups in total. The van der Waals surface area contributed by atoms with E-state index < -0.39 is 17.9 Å². The van der Waals surface area contributed by atoms with E-state index in [0.29, 0.717) is 28.5 Å². The number of rotatable bonds is 6. The molecule has 2 rings (SSSR count). The minimum absolute atomic E-state index is 0.312. The molecule has 0 radical (unpaired) electrons. The molecule has 0 aliphatic heterocycles. The Kier molecular flexibility index (Phi) is 5.26. The lowest BCUT2D eigenvalue weighted by Gasteiger charge is -2.12. The van der Waals surface area contributed by atoms with E-state index in [1.807, 2.05) is 13.0 Å². The van der Waals surface area contributed by atoms with Gasteiger partial charge in [-0.15, -0.1) is 11.3 Å². The smallest absolute Gasteiger partial charge is 0.326 e. The van der Waals surface area contributed by atoms with Gasteiger partial charge in [-0.25, -0.2) is 4.79 Å². The highest BCUT2D eigenvalue weighted by molar-refractivity contribution is 7.21. The third kappa shape index (κ3) is 3.34. The fraction of sp³-hybridized carbons (Fsp3) is 0.333. The first-order chi connectivity index (χ1) is 10.5. The lowest BCUT2D eigenvalue weighted by molar-refractivity contribution is -0.139. The number of nitrogens with one attached hydrogen (secondary N) is 1. The zero-order valence-electron chi connectivity index (χ0n) is 12.2. The Hall–Kier alpha value is -1.79. The van der Waals surface area contributed by atoms with Gasteiger partial charge >= 0.3 is 5.97 Å². The Balaban J connectivity index is 2.31. The Morgan fingerprint density at radius 2 is 2.18 bits per heavy atom. The van der Waals surface area contributed by atoms with Crippen molar-refractivity contribution in [3.05, 3.63) is 28.1 Å². The van der Waals surface area contributed by atoms with Crippen LogP contribution in [0.3, 0.4) is 0 Å². The number of methoxy groups -OCH3 is 1. The van der Waals surface area contributed by atoms with Gasteiger partial charge in [0.25, 0.3) is 5.91 Å². The van der Waals surface area contributed by atoms with Gasteiger partial charge in [0, 0.05) is 10.1 Å². The molecule has 0 aliphatic carbocycles. The number of hydrogen-bond acceptors (Lipinski definition) is 4. The lowest BCUT2D eigenvalue weighted by atomic mass is 10.1. The van der Waals surface area contributed by atoms with Crippen molar-refractivity contribution in [1.29, 1.82) is 0 Å². The van der Waals surface area contributed by atoms with Crippen molar-refractivity contribution < 1.29 is 19.4 Å². The summed E-state index contributed by atoms with van der Waals surface area (Å²) in [4.78, 5) is 23.7. The number of benzene rings is 1. The first kappa shape index (κ1) is 16.6. The molecule has 1 amide bonds. The van der Waals surface area contributed by atoms with Gasteiger partial charge in [0.15, 0.2) is 0 Å². The standard InChI is InChI=1S/C15H16ClNO4S/c1-3-4-10(15(19)20)17-14(18)13-12(16)9-7-8(21-2)5-6-11(9)22-13/h5-7,10H,3-4H2,1-2H3,(H,17,18)(H,19,20). The van der Waals surface area contributed by atoms with E-state index in [1.165, 1.54) is 11.3 Å².